The first-order chi connectivity index (χ1) is 13.2. The number of benzene rings is 2. The van der Waals surface area contributed by atoms with Crippen LogP contribution in [0.15, 0.2) is 53.5 Å². The summed E-state index contributed by atoms with van der Waals surface area (Å²) in [5.41, 5.74) is 6.43. The molecule has 28 heavy (non-hydrogen) atoms. The molecule has 142 valence electrons. The maximum absolute atomic E-state index is 13.5. The molecule has 0 aliphatic rings. The Hall–Kier alpha value is -3.62. The number of H-pyrrole nitrogens is 1. The summed E-state index contributed by atoms with van der Waals surface area (Å²) in [6.07, 6.45) is -3.20. The molecule has 0 bridgehead atoms. The van der Waals surface area contributed by atoms with E-state index in [2.05, 4.69) is 9.97 Å². The zero-order valence-corrected chi connectivity index (χ0v) is 14.2. The van der Waals surface area contributed by atoms with Crippen molar-refractivity contribution in [3.05, 3.63) is 75.8 Å². The van der Waals surface area contributed by atoms with Crippen LogP contribution in [0.3, 0.4) is 0 Å². The average molecular weight is 386 g/mol. The molecule has 2 aromatic heterocycles. The van der Waals surface area contributed by atoms with Crippen LogP contribution in [0.5, 0.6) is 0 Å². The highest BCUT2D eigenvalue weighted by Gasteiger charge is 2.37. The molecular weight excluding hydrogens is 373 g/mol. The van der Waals surface area contributed by atoms with Crippen LogP contribution in [0.1, 0.15) is 21.7 Å². The van der Waals surface area contributed by atoms with Crippen molar-refractivity contribution in [2.45, 2.75) is 12.7 Å². The summed E-state index contributed by atoms with van der Waals surface area (Å²) in [7, 11) is 0. The number of halogens is 3. The number of hydrogen-bond donors (Lipinski definition) is 2. The van der Waals surface area contributed by atoms with Crippen LogP contribution in [0, 0.1) is 0 Å². The van der Waals surface area contributed by atoms with Crippen molar-refractivity contribution in [3.63, 3.8) is 0 Å². The molecule has 6 nitrogen and oxygen atoms in total. The van der Waals surface area contributed by atoms with Crippen LogP contribution in [0.25, 0.3) is 21.9 Å². The van der Waals surface area contributed by atoms with Gasteiger partial charge in [-0.3, -0.25) is 9.59 Å². The molecule has 0 aliphatic carbocycles. The standard InChI is InChI=1S/C19H13F3N4O2/c20-19(21,22)18-25-14-8-11(17(23)28)2-4-15(14)26(18)9-10-1-3-12-13(7-10)24-6-5-16(12)27/h1-8H,9H2,(H2,23,28)(H,24,27). The third kappa shape index (κ3) is 3.00. The first-order valence-electron chi connectivity index (χ1n) is 8.21. The molecule has 0 atom stereocenters. The van der Waals surface area contributed by atoms with E-state index in [0.29, 0.717) is 16.5 Å². The third-order valence-electron chi connectivity index (χ3n) is 4.45. The minimum absolute atomic E-state index is 0.0258. The second-order valence-electron chi connectivity index (χ2n) is 6.31. The molecule has 0 unspecified atom stereocenters. The number of fused-ring (bicyclic) bond motifs is 2. The lowest BCUT2D eigenvalue weighted by Gasteiger charge is -2.12. The Labute approximate surface area is 155 Å². The fourth-order valence-electron chi connectivity index (χ4n) is 3.16. The number of nitrogens with zero attached hydrogens (tertiary/aromatic N) is 2. The Morgan fingerprint density at radius 1 is 1.14 bits per heavy atom. The van der Waals surface area contributed by atoms with Gasteiger partial charge in [0.2, 0.25) is 11.7 Å². The molecule has 1 amide bonds. The van der Waals surface area contributed by atoms with Crippen LogP contribution < -0.4 is 11.2 Å². The first-order valence-corrected chi connectivity index (χ1v) is 8.21. The van der Waals surface area contributed by atoms with Crippen molar-refractivity contribution in [1.29, 1.82) is 0 Å². The second-order valence-corrected chi connectivity index (χ2v) is 6.31. The Morgan fingerprint density at radius 3 is 2.64 bits per heavy atom. The lowest BCUT2D eigenvalue weighted by molar-refractivity contribution is -0.146. The summed E-state index contributed by atoms with van der Waals surface area (Å²) in [4.78, 5) is 29.7. The average Bonchev–Trinajstić information content (AvgIpc) is 3.00. The van der Waals surface area contributed by atoms with E-state index in [1.54, 1.807) is 18.2 Å². The van der Waals surface area contributed by atoms with E-state index in [-0.39, 0.29) is 28.6 Å². The van der Waals surface area contributed by atoms with Gasteiger partial charge in [0.1, 0.15) is 0 Å². The van der Waals surface area contributed by atoms with E-state index in [4.69, 9.17) is 5.73 Å². The van der Waals surface area contributed by atoms with Crippen LogP contribution in [-0.2, 0) is 12.7 Å². The van der Waals surface area contributed by atoms with Gasteiger partial charge in [-0.05, 0) is 35.9 Å². The summed E-state index contributed by atoms with van der Waals surface area (Å²) in [6, 6.07) is 10.2. The van der Waals surface area contributed by atoms with E-state index in [9.17, 15) is 22.8 Å². The summed E-state index contributed by atoms with van der Waals surface area (Å²) in [5.74, 6) is -1.82. The molecule has 0 aliphatic heterocycles. The molecule has 0 spiro atoms. The smallest absolute Gasteiger partial charge is 0.366 e. The van der Waals surface area contributed by atoms with Gasteiger partial charge in [-0.2, -0.15) is 13.2 Å². The van der Waals surface area contributed by atoms with Crippen LogP contribution in [0.4, 0.5) is 13.2 Å². The maximum Gasteiger partial charge on any atom is 0.449 e. The molecule has 0 saturated heterocycles. The van der Waals surface area contributed by atoms with Crippen molar-refractivity contribution in [1.82, 2.24) is 14.5 Å². The van der Waals surface area contributed by atoms with Gasteiger partial charge in [-0.1, -0.05) is 6.07 Å². The predicted molar refractivity (Wildman–Crippen MR) is 96.9 cm³/mol. The van der Waals surface area contributed by atoms with Gasteiger partial charge in [-0.15, -0.1) is 0 Å². The molecule has 0 radical (unpaired) electrons. The van der Waals surface area contributed by atoms with Crippen molar-refractivity contribution in [3.8, 4) is 0 Å². The third-order valence-corrected chi connectivity index (χ3v) is 4.45. The van der Waals surface area contributed by atoms with Gasteiger partial charge >= 0.3 is 6.18 Å². The number of rotatable bonds is 3. The lowest BCUT2D eigenvalue weighted by atomic mass is 10.1. The first kappa shape index (κ1) is 17.8. The number of alkyl halides is 3. The van der Waals surface area contributed by atoms with E-state index < -0.39 is 17.9 Å². The van der Waals surface area contributed by atoms with Gasteiger partial charge in [0.05, 0.1) is 11.0 Å². The largest absolute Gasteiger partial charge is 0.449 e. The number of imidazole rings is 1. The highest BCUT2D eigenvalue weighted by atomic mass is 19.4. The molecule has 0 saturated carbocycles. The minimum Gasteiger partial charge on any atom is -0.366 e. The normalized spacial score (nSPS) is 12.0. The summed E-state index contributed by atoms with van der Waals surface area (Å²) >= 11 is 0. The number of amides is 1. The van der Waals surface area contributed by atoms with E-state index in [0.717, 1.165) is 4.57 Å². The van der Waals surface area contributed by atoms with Crippen LogP contribution in [0.2, 0.25) is 0 Å². The molecule has 4 rings (SSSR count). The van der Waals surface area contributed by atoms with Crippen molar-refractivity contribution in [2.75, 3.05) is 0 Å². The summed E-state index contributed by atoms with van der Waals surface area (Å²) < 4.78 is 41.6. The molecule has 2 heterocycles. The Kier molecular flexibility index (Phi) is 3.95. The number of hydrogen-bond acceptors (Lipinski definition) is 3. The van der Waals surface area contributed by atoms with Crippen molar-refractivity contribution in [2.24, 2.45) is 5.73 Å². The number of pyridine rings is 1. The zero-order chi connectivity index (χ0) is 20.1. The van der Waals surface area contributed by atoms with Crippen LogP contribution in [-0.4, -0.2) is 20.4 Å². The number of carbonyl (C=O) groups is 1. The number of carbonyl (C=O) groups excluding carboxylic acids is 1. The lowest BCUT2D eigenvalue weighted by Crippen LogP contribution is -2.15. The van der Waals surface area contributed by atoms with Gasteiger partial charge in [0.25, 0.3) is 0 Å². The van der Waals surface area contributed by atoms with E-state index in [1.807, 2.05) is 0 Å². The SMILES string of the molecule is NC(=O)c1ccc2c(c1)nc(C(F)(F)F)n2Cc1ccc2c(=O)cc[nH]c2c1. The predicted octanol–water partition coefficient (Wildman–Crippen LogP) is 3.04. The fourth-order valence-corrected chi connectivity index (χ4v) is 3.16. The highest BCUT2D eigenvalue weighted by molar-refractivity contribution is 5.96. The zero-order valence-electron chi connectivity index (χ0n) is 14.2. The molecule has 4 aromatic rings. The second kappa shape index (κ2) is 6.22. The van der Waals surface area contributed by atoms with Gasteiger partial charge in [0, 0.05) is 35.3 Å². The molecule has 0 fully saturated rings. The van der Waals surface area contributed by atoms with Crippen LogP contribution >= 0.6 is 0 Å². The Morgan fingerprint density at radius 2 is 1.93 bits per heavy atom. The monoisotopic (exact) mass is 386 g/mol. The fraction of sp³-hybridized carbons (Fsp3) is 0.105. The number of primary amides is 1. The summed E-state index contributed by atoms with van der Waals surface area (Å²) in [5, 5.41) is 0.448. The number of aromatic amines is 1. The maximum atomic E-state index is 13.5. The molecular formula is C19H13F3N4O2. The highest BCUT2D eigenvalue weighted by Crippen LogP contribution is 2.32. The Bertz CT molecular complexity index is 1290. The summed E-state index contributed by atoms with van der Waals surface area (Å²) in [6.45, 7) is -0.117. The molecule has 3 N–H and O–H groups in total. The van der Waals surface area contributed by atoms with E-state index >= 15 is 0 Å². The Balaban J connectivity index is 1.87. The van der Waals surface area contributed by atoms with E-state index in [1.165, 1.54) is 30.5 Å². The van der Waals surface area contributed by atoms with Gasteiger partial charge in [-0.25, -0.2) is 4.98 Å². The number of nitrogens with two attached hydrogens (primary N) is 1. The van der Waals surface area contributed by atoms with Crippen molar-refractivity contribution >= 4 is 27.8 Å². The topological polar surface area (TPSA) is 93.8 Å². The van der Waals surface area contributed by atoms with Gasteiger partial charge < -0.3 is 15.3 Å². The molecule has 2 aromatic carbocycles. The minimum atomic E-state index is -4.68. The molecule has 9 heteroatoms. The van der Waals surface area contributed by atoms with Crippen molar-refractivity contribution < 1.29 is 18.0 Å². The van der Waals surface area contributed by atoms with Gasteiger partial charge in [0.15, 0.2) is 5.43 Å². The number of aromatic nitrogens is 3. The number of nitrogens with one attached hydrogen (secondary N) is 1. The quantitative estimate of drug-likeness (QED) is 0.567.